The summed E-state index contributed by atoms with van der Waals surface area (Å²) < 4.78 is 5.58. The highest BCUT2D eigenvalue weighted by molar-refractivity contribution is 5.82. The summed E-state index contributed by atoms with van der Waals surface area (Å²) >= 11 is 0. The number of likely N-dealkylation sites (tertiary alicyclic amines) is 2. The van der Waals surface area contributed by atoms with Gasteiger partial charge >= 0.3 is 0 Å². The molecule has 0 aromatic heterocycles. The van der Waals surface area contributed by atoms with E-state index >= 15 is 0 Å². The van der Waals surface area contributed by atoms with Gasteiger partial charge in [-0.15, -0.1) is 0 Å². The number of rotatable bonds is 5. The van der Waals surface area contributed by atoms with Gasteiger partial charge in [0.25, 0.3) is 0 Å². The zero-order valence-corrected chi connectivity index (χ0v) is 14.3. The smallest absolute Gasteiger partial charge is 0.228 e. The van der Waals surface area contributed by atoms with E-state index in [1.165, 1.54) is 45.3 Å². The molecule has 1 aliphatic carbocycles. The summed E-state index contributed by atoms with van der Waals surface area (Å²) in [6.07, 6.45) is 6.29. The highest BCUT2D eigenvalue weighted by atomic mass is 16.5. The second kappa shape index (κ2) is 7.31. The van der Waals surface area contributed by atoms with E-state index in [-0.39, 0.29) is 12.0 Å². The third-order valence-electron chi connectivity index (χ3n) is 5.65. The molecule has 3 fully saturated rings. The van der Waals surface area contributed by atoms with Crippen molar-refractivity contribution in [2.45, 2.75) is 52.1 Å². The maximum Gasteiger partial charge on any atom is 0.228 e. The molecule has 3 aliphatic rings. The Bertz CT molecular complexity index is 379. The summed E-state index contributed by atoms with van der Waals surface area (Å²) in [7, 11) is 0. The second-order valence-corrected chi connectivity index (χ2v) is 7.61. The van der Waals surface area contributed by atoms with Gasteiger partial charge < -0.3 is 14.5 Å². The van der Waals surface area contributed by atoms with Crippen molar-refractivity contribution in [2.75, 3.05) is 39.3 Å². The topological polar surface area (TPSA) is 32.8 Å². The predicted octanol–water partition coefficient (Wildman–Crippen LogP) is 2.38. The molecule has 0 spiro atoms. The zero-order valence-electron chi connectivity index (χ0n) is 14.3. The first-order chi connectivity index (χ1) is 10.7. The first-order valence-electron chi connectivity index (χ1n) is 9.30. The maximum atomic E-state index is 12.6. The van der Waals surface area contributed by atoms with Gasteiger partial charge in [0.1, 0.15) is 0 Å². The third kappa shape index (κ3) is 4.02. The lowest BCUT2D eigenvalue weighted by molar-refractivity contribution is -0.135. The largest absolute Gasteiger partial charge is 0.378 e. The minimum absolute atomic E-state index is 0.162. The predicted molar refractivity (Wildman–Crippen MR) is 87.7 cm³/mol. The van der Waals surface area contributed by atoms with Crippen LogP contribution in [0.3, 0.4) is 0 Å². The van der Waals surface area contributed by atoms with Crippen LogP contribution >= 0.6 is 0 Å². The molecule has 3 atom stereocenters. The average molecular weight is 308 g/mol. The molecule has 0 aromatic carbocycles. The minimum Gasteiger partial charge on any atom is -0.378 e. The quantitative estimate of drug-likeness (QED) is 0.782. The molecule has 3 unspecified atom stereocenters. The normalized spacial score (nSPS) is 33.9. The van der Waals surface area contributed by atoms with Crippen LogP contribution in [0.5, 0.6) is 0 Å². The molecule has 0 radical (unpaired) electrons. The SMILES string of the molecule is CCOC1CC1C(=O)N1CCCC(CN2CCC(C)CC2)C1. The number of piperidine rings is 2. The van der Waals surface area contributed by atoms with E-state index in [0.717, 1.165) is 32.0 Å². The Labute approximate surface area is 135 Å². The molecule has 1 amide bonds. The van der Waals surface area contributed by atoms with Crippen molar-refractivity contribution in [3.63, 3.8) is 0 Å². The Balaban J connectivity index is 1.44. The van der Waals surface area contributed by atoms with E-state index in [0.29, 0.717) is 11.8 Å². The lowest BCUT2D eigenvalue weighted by Gasteiger charge is -2.38. The number of nitrogens with zero attached hydrogens (tertiary/aromatic N) is 2. The van der Waals surface area contributed by atoms with Crippen molar-refractivity contribution in [3.05, 3.63) is 0 Å². The van der Waals surface area contributed by atoms with Crippen molar-refractivity contribution in [1.29, 1.82) is 0 Å². The number of amides is 1. The fourth-order valence-corrected chi connectivity index (χ4v) is 4.09. The molecule has 0 aromatic rings. The number of carbonyl (C=O) groups is 1. The second-order valence-electron chi connectivity index (χ2n) is 7.61. The van der Waals surface area contributed by atoms with Gasteiger partial charge in [-0.05, 0) is 64.0 Å². The van der Waals surface area contributed by atoms with Gasteiger partial charge in [-0.3, -0.25) is 4.79 Å². The third-order valence-corrected chi connectivity index (χ3v) is 5.65. The van der Waals surface area contributed by atoms with Crippen LogP contribution < -0.4 is 0 Å². The molecule has 0 bridgehead atoms. The summed E-state index contributed by atoms with van der Waals surface area (Å²) in [6, 6.07) is 0. The van der Waals surface area contributed by atoms with Crippen LogP contribution in [0.1, 0.15) is 46.0 Å². The summed E-state index contributed by atoms with van der Waals surface area (Å²) in [5.41, 5.74) is 0. The van der Waals surface area contributed by atoms with Gasteiger partial charge in [-0.2, -0.15) is 0 Å². The average Bonchev–Trinajstić information content (AvgIpc) is 3.29. The number of ether oxygens (including phenoxy) is 1. The van der Waals surface area contributed by atoms with Gasteiger partial charge in [0.05, 0.1) is 12.0 Å². The number of hydrogen-bond acceptors (Lipinski definition) is 3. The Morgan fingerprint density at radius 2 is 1.95 bits per heavy atom. The van der Waals surface area contributed by atoms with E-state index in [4.69, 9.17) is 4.74 Å². The molecule has 4 nitrogen and oxygen atoms in total. The summed E-state index contributed by atoms with van der Waals surface area (Å²) in [5, 5.41) is 0. The fourth-order valence-electron chi connectivity index (χ4n) is 4.09. The number of hydrogen-bond donors (Lipinski definition) is 0. The molecular weight excluding hydrogens is 276 g/mol. The van der Waals surface area contributed by atoms with Crippen molar-refractivity contribution in [3.8, 4) is 0 Å². The van der Waals surface area contributed by atoms with E-state index in [2.05, 4.69) is 16.7 Å². The van der Waals surface area contributed by atoms with Gasteiger partial charge in [0, 0.05) is 26.2 Å². The van der Waals surface area contributed by atoms with E-state index in [9.17, 15) is 4.79 Å². The molecule has 0 N–H and O–H groups in total. The van der Waals surface area contributed by atoms with Crippen LogP contribution in [0.25, 0.3) is 0 Å². The van der Waals surface area contributed by atoms with Crippen LogP contribution in [-0.4, -0.2) is 61.1 Å². The summed E-state index contributed by atoms with van der Waals surface area (Å²) in [6.45, 7) is 10.7. The van der Waals surface area contributed by atoms with Crippen molar-refractivity contribution in [1.82, 2.24) is 9.80 Å². The van der Waals surface area contributed by atoms with Gasteiger partial charge in [-0.25, -0.2) is 0 Å². The molecule has 1 saturated carbocycles. The number of carbonyl (C=O) groups excluding carboxylic acids is 1. The Morgan fingerprint density at radius 3 is 2.68 bits per heavy atom. The molecule has 2 saturated heterocycles. The Kier molecular flexibility index (Phi) is 5.40. The van der Waals surface area contributed by atoms with Crippen molar-refractivity contribution in [2.24, 2.45) is 17.8 Å². The van der Waals surface area contributed by atoms with E-state index in [1.807, 2.05) is 6.92 Å². The van der Waals surface area contributed by atoms with Crippen LogP contribution in [0, 0.1) is 17.8 Å². The molecule has 126 valence electrons. The molecular formula is C18H32N2O2. The highest BCUT2D eigenvalue weighted by Gasteiger charge is 2.46. The maximum absolute atomic E-state index is 12.6. The van der Waals surface area contributed by atoms with Crippen LogP contribution in [0.15, 0.2) is 0 Å². The Morgan fingerprint density at radius 1 is 1.18 bits per heavy atom. The molecule has 3 rings (SSSR count). The first-order valence-corrected chi connectivity index (χ1v) is 9.30. The lowest BCUT2D eigenvalue weighted by atomic mass is 9.94. The fraction of sp³-hybridized carbons (Fsp3) is 0.944. The van der Waals surface area contributed by atoms with Crippen LogP contribution in [-0.2, 0) is 9.53 Å². The summed E-state index contributed by atoms with van der Waals surface area (Å²) in [5.74, 6) is 2.09. The molecule has 22 heavy (non-hydrogen) atoms. The van der Waals surface area contributed by atoms with Gasteiger partial charge in [0.15, 0.2) is 0 Å². The first kappa shape index (κ1) is 16.3. The van der Waals surface area contributed by atoms with E-state index in [1.54, 1.807) is 0 Å². The van der Waals surface area contributed by atoms with Crippen molar-refractivity contribution >= 4 is 5.91 Å². The lowest BCUT2D eigenvalue weighted by Crippen LogP contribution is -2.46. The minimum atomic E-state index is 0.162. The zero-order chi connectivity index (χ0) is 15.5. The van der Waals surface area contributed by atoms with Crippen molar-refractivity contribution < 1.29 is 9.53 Å². The summed E-state index contributed by atoms with van der Waals surface area (Å²) in [4.78, 5) is 17.3. The van der Waals surface area contributed by atoms with Gasteiger partial charge in [-0.1, -0.05) is 6.92 Å². The monoisotopic (exact) mass is 308 g/mol. The van der Waals surface area contributed by atoms with E-state index < -0.39 is 0 Å². The van der Waals surface area contributed by atoms with Crippen LogP contribution in [0.4, 0.5) is 0 Å². The molecule has 2 heterocycles. The van der Waals surface area contributed by atoms with Gasteiger partial charge in [0.2, 0.25) is 5.91 Å². The Hall–Kier alpha value is -0.610. The standard InChI is InChI=1S/C18H32N2O2/c1-3-22-17-11-16(17)18(21)20-8-4-5-15(13-20)12-19-9-6-14(2)7-10-19/h14-17H,3-13H2,1-2H3. The molecule has 2 aliphatic heterocycles. The molecule has 4 heteroatoms. The van der Waals surface area contributed by atoms with Crippen LogP contribution in [0.2, 0.25) is 0 Å². The highest BCUT2D eigenvalue weighted by Crippen LogP contribution is 2.36.